The molecule has 0 aliphatic carbocycles. The Morgan fingerprint density at radius 3 is 2.42 bits per heavy atom. The van der Waals surface area contributed by atoms with E-state index >= 15 is 0 Å². The molecule has 1 N–H and O–H groups in total. The number of nitrogens with zero attached hydrogens (tertiary/aromatic N) is 3. The molecule has 4 nitrogen and oxygen atoms in total. The van der Waals surface area contributed by atoms with Crippen molar-refractivity contribution in [1.82, 2.24) is 14.9 Å². The lowest BCUT2D eigenvalue weighted by atomic mass is 10.0. The number of thiocarbonyl (C=S) groups is 1. The number of hydrogen-bond donors (Lipinski definition) is 1. The molecule has 31 heavy (non-hydrogen) atoms. The number of anilines is 1. The molecule has 5 rings (SSSR count). The van der Waals surface area contributed by atoms with Gasteiger partial charge in [0.2, 0.25) is 0 Å². The average Bonchev–Trinajstić information content (AvgIpc) is 3.39. The van der Waals surface area contributed by atoms with Crippen molar-refractivity contribution >= 4 is 46.2 Å². The summed E-state index contributed by atoms with van der Waals surface area (Å²) in [5.74, 6) is 0. The summed E-state index contributed by atoms with van der Waals surface area (Å²) in [6, 6.07) is 25.3. The maximum atomic E-state index is 6.28. The highest BCUT2D eigenvalue weighted by atomic mass is 35.5. The number of nitrogens with one attached hydrogen (secondary N) is 1. The lowest BCUT2D eigenvalue weighted by Gasteiger charge is -2.29. The van der Waals surface area contributed by atoms with Gasteiger partial charge in [0.15, 0.2) is 5.11 Å². The highest BCUT2D eigenvalue weighted by molar-refractivity contribution is 7.80. The summed E-state index contributed by atoms with van der Waals surface area (Å²) in [6.07, 6.45) is 3.84. The van der Waals surface area contributed by atoms with Crippen molar-refractivity contribution in [3.8, 4) is 5.69 Å². The van der Waals surface area contributed by atoms with Crippen molar-refractivity contribution in [3.63, 3.8) is 0 Å². The van der Waals surface area contributed by atoms with Gasteiger partial charge in [0.1, 0.15) is 6.04 Å². The average molecular weight is 465 g/mol. The molecule has 1 aliphatic heterocycles. The SMILES string of the molecule is S=C1N[C@H](c2ccccn2)[C@@H](c2cccn2-c2cccc(Cl)c2)N1c1ccc(Cl)cc1. The van der Waals surface area contributed by atoms with Crippen LogP contribution in [0.5, 0.6) is 0 Å². The zero-order chi connectivity index (χ0) is 21.4. The van der Waals surface area contributed by atoms with E-state index in [2.05, 4.69) is 25.8 Å². The van der Waals surface area contributed by atoms with Crippen LogP contribution in [0.25, 0.3) is 5.69 Å². The zero-order valence-electron chi connectivity index (χ0n) is 16.3. The lowest BCUT2D eigenvalue weighted by Crippen LogP contribution is -2.30. The predicted molar refractivity (Wildman–Crippen MR) is 130 cm³/mol. The van der Waals surface area contributed by atoms with Crippen molar-refractivity contribution < 1.29 is 0 Å². The van der Waals surface area contributed by atoms with Crippen LogP contribution in [0.1, 0.15) is 23.5 Å². The van der Waals surface area contributed by atoms with Crippen LogP contribution in [0.3, 0.4) is 0 Å². The van der Waals surface area contributed by atoms with Gasteiger partial charge in [-0.15, -0.1) is 0 Å². The third kappa shape index (κ3) is 3.81. The number of hydrogen-bond acceptors (Lipinski definition) is 2. The van der Waals surface area contributed by atoms with E-state index in [-0.39, 0.29) is 12.1 Å². The fraction of sp³-hybridized carbons (Fsp3) is 0.0833. The molecule has 2 atom stereocenters. The molecule has 0 bridgehead atoms. The van der Waals surface area contributed by atoms with E-state index in [0.717, 1.165) is 22.8 Å². The van der Waals surface area contributed by atoms with Gasteiger partial charge in [0.05, 0.1) is 11.7 Å². The minimum atomic E-state index is -0.128. The molecule has 0 amide bonds. The van der Waals surface area contributed by atoms with Gasteiger partial charge in [-0.3, -0.25) is 4.98 Å². The Bertz CT molecular complexity index is 1220. The molecule has 1 saturated heterocycles. The highest BCUT2D eigenvalue weighted by Gasteiger charge is 2.42. The Balaban J connectivity index is 1.67. The first-order chi connectivity index (χ1) is 15.1. The van der Waals surface area contributed by atoms with Crippen molar-refractivity contribution in [2.45, 2.75) is 12.1 Å². The minimum absolute atomic E-state index is 0.127. The Morgan fingerprint density at radius 1 is 0.839 bits per heavy atom. The van der Waals surface area contributed by atoms with Gasteiger partial charge in [-0.25, -0.2) is 0 Å². The monoisotopic (exact) mass is 464 g/mol. The van der Waals surface area contributed by atoms with Gasteiger partial charge < -0.3 is 14.8 Å². The Kier molecular flexibility index (Phi) is 5.40. The largest absolute Gasteiger partial charge is 0.351 e. The number of halogens is 2. The molecule has 2 aromatic carbocycles. The molecule has 0 radical (unpaired) electrons. The molecule has 0 saturated carbocycles. The van der Waals surface area contributed by atoms with Crippen LogP contribution in [0, 0.1) is 0 Å². The summed E-state index contributed by atoms with van der Waals surface area (Å²) in [5, 5.41) is 5.50. The maximum absolute atomic E-state index is 6.28. The zero-order valence-corrected chi connectivity index (χ0v) is 18.6. The second-order valence-corrected chi connectivity index (χ2v) is 8.52. The molecular formula is C24H18Cl2N4S. The van der Waals surface area contributed by atoms with E-state index in [1.54, 1.807) is 6.20 Å². The number of pyridine rings is 1. The van der Waals surface area contributed by atoms with Crippen molar-refractivity contribution in [2.24, 2.45) is 0 Å². The van der Waals surface area contributed by atoms with E-state index in [1.165, 1.54) is 0 Å². The topological polar surface area (TPSA) is 33.1 Å². The smallest absolute Gasteiger partial charge is 0.174 e. The normalized spacial score (nSPS) is 18.3. The van der Waals surface area contributed by atoms with Crippen LogP contribution in [-0.4, -0.2) is 14.7 Å². The van der Waals surface area contributed by atoms with Gasteiger partial charge in [0.25, 0.3) is 0 Å². The van der Waals surface area contributed by atoms with E-state index in [0.29, 0.717) is 15.2 Å². The lowest BCUT2D eigenvalue weighted by molar-refractivity contribution is 0.549. The summed E-state index contributed by atoms with van der Waals surface area (Å²) < 4.78 is 2.14. The van der Waals surface area contributed by atoms with Crippen molar-refractivity contribution in [1.29, 1.82) is 0 Å². The van der Waals surface area contributed by atoms with Crippen LogP contribution >= 0.6 is 35.4 Å². The van der Waals surface area contributed by atoms with E-state index in [4.69, 9.17) is 35.4 Å². The maximum Gasteiger partial charge on any atom is 0.174 e. The minimum Gasteiger partial charge on any atom is -0.351 e. The molecule has 1 fully saturated rings. The standard InChI is InChI=1S/C24H18Cl2N4S/c25-16-9-11-18(12-10-16)30-23(22(28-24(30)31)20-7-1-2-13-27-20)21-8-4-14-29(21)19-6-3-5-17(26)15-19/h1-15,22-23H,(H,28,31)/t22-,23-/m1/s1. The molecule has 154 valence electrons. The summed E-state index contributed by atoms with van der Waals surface area (Å²) in [7, 11) is 0. The third-order valence-electron chi connectivity index (χ3n) is 5.37. The first-order valence-electron chi connectivity index (χ1n) is 9.81. The summed E-state index contributed by atoms with van der Waals surface area (Å²) >= 11 is 18.2. The van der Waals surface area contributed by atoms with Gasteiger partial charge in [-0.1, -0.05) is 35.3 Å². The van der Waals surface area contributed by atoms with Crippen molar-refractivity contribution in [2.75, 3.05) is 4.90 Å². The van der Waals surface area contributed by atoms with Crippen molar-refractivity contribution in [3.05, 3.63) is 113 Å². The van der Waals surface area contributed by atoms with E-state index in [9.17, 15) is 0 Å². The molecule has 3 heterocycles. The Labute approximate surface area is 196 Å². The molecule has 4 aromatic rings. The van der Waals surface area contributed by atoms with Gasteiger partial charge >= 0.3 is 0 Å². The van der Waals surface area contributed by atoms with E-state index < -0.39 is 0 Å². The summed E-state index contributed by atoms with van der Waals surface area (Å²) in [4.78, 5) is 6.74. The molecule has 0 spiro atoms. The molecule has 7 heteroatoms. The quantitative estimate of drug-likeness (QED) is 0.356. The number of rotatable bonds is 4. The van der Waals surface area contributed by atoms with Crippen LogP contribution in [0.2, 0.25) is 10.0 Å². The molecule has 1 aliphatic rings. The second kappa shape index (κ2) is 8.35. The highest BCUT2D eigenvalue weighted by Crippen LogP contribution is 2.42. The van der Waals surface area contributed by atoms with Gasteiger partial charge in [0, 0.05) is 39.5 Å². The summed E-state index contributed by atoms with van der Waals surface area (Å²) in [5.41, 5.74) is 3.94. The van der Waals surface area contributed by atoms with Gasteiger partial charge in [-0.2, -0.15) is 0 Å². The van der Waals surface area contributed by atoms with E-state index in [1.807, 2.05) is 79.0 Å². The Hall–Kier alpha value is -2.86. The Morgan fingerprint density at radius 2 is 1.68 bits per heavy atom. The molecule has 0 unspecified atom stereocenters. The molecular weight excluding hydrogens is 447 g/mol. The third-order valence-corrected chi connectivity index (χ3v) is 6.17. The first kappa shape index (κ1) is 20.1. The molecule has 2 aromatic heterocycles. The first-order valence-corrected chi connectivity index (χ1v) is 11.0. The van der Waals surface area contributed by atoms with Crippen LogP contribution in [0.15, 0.2) is 91.3 Å². The fourth-order valence-corrected chi connectivity index (χ4v) is 4.69. The van der Waals surface area contributed by atoms with Crippen LogP contribution < -0.4 is 10.2 Å². The fourth-order valence-electron chi connectivity index (χ4n) is 4.03. The number of aromatic nitrogens is 2. The van der Waals surface area contributed by atoms with Crippen LogP contribution in [0.4, 0.5) is 5.69 Å². The van der Waals surface area contributed by atoms with Crippen LogP contribution in [-0.2, 0) is 0 Å². The van der Waals surface area contributed by atoms with Gasteiger partial charge in [-0.05, 0) is 78.9 Å². The predicted octanol–water partition coefficient (Wildman–Crippen LogP) is 6.36. The number of benzene rings is 2. The summed E-state index contributed by atoms with van der Waals surface area (Å²) in [6.45, 7) is 0. The second-order valence-electron chi connectivity index (χ2n) is 7.26.